The van der Waals surface area contributed by atoms with Gasteiger partial charge in [0.05, 0.1) is 12.2 Å². The smallest absolute Gasteiger partial charge is 0.122 e. The van der Waals surface area contributed by atoms with Crippen LogP contribution in [0.2, 0.25) is 0 Å². The molecule has 0 aliphatic carbocycles. The standard InChI is InChI=1S/C12H20N4O2.2ClH/c1-10-11(15-18-14-10)8-16-5-2-12(3-6-16)9-13-4-7-17-12;;/h13H,2-9H2,1H3;2*1H. The lowest BCUT2D eigenvalue weighted by molar-refractivity contribution is -0.101. The third kappa shape index (κ3) is 3.83. The van der Waals surface area contributed by atoms with E-state index in [0.717, 1.165) is 63.6 Å². The number of hydrogen-bond donors (Lipinski definition) is 1. The maximum absolute atomic E-state index is 5.98. The third-order valence-corrected chi connectivity index (χ3v) is 4.02. The topological polar surface area (TPSA) is 63.4 Å². The molecular formula is C12H22Cl2N4O2. The van der Waals surface area contributed by atoms with Crippen LogP contribution in [0.1, 0.15) is 24.2 Å². The van der Waals surface area contributed by atoms with Crippen LogP contribution in [-0.4, -0.2) is 53.6 Å². The number of aromatic nitrogens is 2. The van der Waals surface area contributed by atoms with E-state index in [4.69, 9.17) is 9.37 Å². The third-order valence-electron chi connectivity index (χ3n) is 4.02. The van der Waals surface area contributed by atoms with Gasteiger partial charge in [0.25, 0.3) is 0 Å². The van der Waals surface area contributed by atoms with Crippen molar-refractivity contribution in [2.45, 2.75) is 31.9 Å². The second-order valence-electron chi connectivity index (χ2n) is 5.28. The van der Waals surface area contributed by atoms with Crippen molar-refractivity contribution in [3.05, 3.63) is 11.4 Å². The van der Waals surface area contributed by atoms with Crippen molar-refractivity contribution in [3.63, 3.8) is 0 Å². The summed E-state index contributed by atoms with van der Waals surface area (Å²) in [7, 11) is 0. The zero-order chi connectivity index (χ0) is 12.4. The van der Waals surface area contributed by atoms with E-state index < -0.39 is 0 Å². The van der Waals surface area contributed by atoms with Gasteiger partial charge >= 0.3 is 0 Å². The number of hydrogen-bond acceptors (Lipinski definition) is 6. The molecule has 116 valence electrons. The van der Waals surface area contributed by atoms with Crippen molar-refractivity contribution in [2.75, 3.05) is 32.8 Å². The molecule has 0 saturated carbocycles. The van der Waals surface area contributed by atoms with Crippen molar-refractivity contribution in [3.8, 4) is 0 Å². The van der Waals surface area contributed by atoms with Crippen LogP contribution in [0, 0.1) is 6.92 Å². The summed E-state index contributed by atoms with van der Waals surface area (Å²) in [5, 5.41) is 11.2. The molecule has 1 aromatic rings. The van der Waals surface area contributed by atoms with E-state index in [1.165, 1.54) is 0 Å². The van der Waals surface area contributed by atoms with Gasteiger partial charge in [0.15, 0.2) is 0 Å². The molecule has 2 aliphatic heterocycles. The van der Waals surface area contributed by atoms with Crippen LogP contribution >= 0.6 is 24.8 Å². The molecule has 8 heteroatoms. The maximum Gasteiger partial charge on any atom is 0.122 e. The number of rotatable bonds is 2. The van der Waals surface area contributed by atoms with Crippen LogP contribution in [0.25, 0.3) is 0 Å². The molecule has 0 atom stereocenters. The lowest BCUT2D eigenvalue weighted by atomic mass is 9.90. The summed E-state index contributed by atoms with van der Waals surface area (Å²) >= 11 is 0. The molecule has 3 rings (SSSR count). The second kappa shape index (κ2) is 7.56. The van der Waals surface area contributed by atoms with E-state index in [1.807, 2.05) is 6.92 Å². The van der Waals surface area contributed by atoms with E-state index >= 15 is 0 Å². The van der Waals surface area contributed by atoms with Crippen molar-refractivity contribution in [1.29, 1.82) is 0 Å². The first-order chi connectivity index (χ1) is 8.77. The molecule has 1 aromatic heterocycles. The fraction of sp³-hybridized carbons (Fsp3) is 0.833. The Hall–Kier alpha value is -0.400. The largest absolute Gasteiger partial charge is 0.372 e. The fourth-order valence-electron chi connectivity index (χ4n) is 2.75. The summed E-state index contributed by atoms with van der Waals surface area (Å²) in [5.41, 5.74) is 1.92. The molecule has 2 fully saturated rings. The Bertz CT molecular complexity index is 400. The van der Waals surface area contributed by atoms with Gasteiger partial charge in [-0.15, -0.1) is 24.8 Å². The Balaban J connectivity index is 0.000001000. The number of nitrogens with zero attached hydrogens (tertiary/aromatic N) is 3. The Morgan fingerprint density at radius 1 is 1.25 bits per heavy atom. The molecule has 0 aromatic carbocycles. The van der Waals surface area contributed by atoms with Gasteiger partial charge in [-0.05, 0) is 19.8 Å². The molecule has 6 nitrogen and oxygen atoms in total. The summed E-state index contributed by atoms with van der Waals surface area (Å²) in [5.74, 6) is 0. The first-order valence-electron chi connectivity index (χ1n) is 6.63. The SMILES string of the molecule is Cc1nonc1CN1CCC2(CC1)CNCCO2.Cl.Cl. The minimum atomic E-state index is 0. The van der Waals surface area contributed by atoms with Gasteiger partial charge in [-0.25, -0.2) is 4.63 Å². The number of morpholine rings is 1. The summed E-state index contributed by atoms with van der Waals surface area (Å²) in [6.07, 6.45) is 2.18. The van der Waals surface area contributed by atoms with Gasteiger partial charge in [0.1, 0.15) is 11.4 Å². The highest BCUT2D eigenvalue weighted by atomic mass is 35.5. The Morgan fingerprint density at radius 2 is 2.00 bits per heavy atom. The molecule has 2 aliphatic rings. The number of aryl methyl sites for hydroxylation is 1. The van der Waals surface area contributed by atoms with E-state index in [-0.39, 0.29) is 30.4 Å². The summed E-state index contributed by atoms with van der Waals surface area (Å²) in [6.45, 7) is 7.68. The van der Waals surface area contributed by atoms with E-state index in [2.05, 4.69) is 20.5 Å². The molecule has 0 radical (unpaired) electrons. The zero-order valence-corrected chi connectivity index (χ0v) is 13.3. The fourth-order valence-corrected chi connectivity index (χ4v) is 2.75. The maximum atomic E-state index is 5.98. The van der Waals surface area contributed by atoms with Gasteiger partial charge in [-0.2, -0.15) is 0 Å². The van der Waals surface area contributed by atoms with Crippen LogP contribution < -0.4 is 5.32 Å². The van der Waals surface area contributed by atoms with Crippen molar-refractivity contribution >= 4 is 24.8 Å². The highest BCUT2D eigenvalue weighted by Gasteiger charge is 2.37. The predicted octanol–water partition coefficient (Wildman–Crippen LogP) is 1.18. The monoisotopic (exact) mass is 324 g/mol. The van der Waals surface area contributed by atoms with Crippen LogP contribution in [0.3, 0.4) is 0 Å². The van der Waals surface area contributed by atoms with Gasteiger partial charge in [0.2, 0.25) is 0 Å². The summed E-state index contributed by atoms with van der Waals surface area (Å²) in [4.78, 5) is 2.40. The lowest BCUT2D eigenvalue weighted by Gasteiger charge is -2.43. The number of halogens is 2. The van der Waals surface area contributed by atoms with Crippen LogP contribution in [0.4, 0.5) is 0 Å². The highest BCUT2D eigenvalue weighted by molar-refractivity contribution is 5.85. The van der Waals surface area contributed by atoms with E-state index in [0.29, 0.717) is 0 Å². The lowest BCUT2D eigenvalue weighted by Crippen LogP contribution is -2.55. The number of likely N-dealkylation sites (tertiary alicyclic amines) is 1. The number of piperidine rings is 1. The van der Waals surface area contributed by atoms with Gasteiger partial charge < -0.3 is 10.1 Å². The Kier molecular flexibility index (Phi) is 6.68. The Labute approximate surface area is 131 Å². The molecule has 0 bridgehead atoms. The molecule has 2 saturated heterocycles. The van der Waals surface area contributed by atoms with Crippen molar-refractivity contribution in [2.24, 2.45) is 0 Å². The quantitative estimate of drug-likeness (QED) is 0.881. The summed E-state index contributed by atoms with van der Waals surface area (Å²) in [6, 6.07) is 0. The minimum absolute atomic E-state index is 0. The average molecular weight is 325 g/mol. The molecule has 3 heterocycles. The molecular weight excluding hydrogens is 303 g/mol. The van der Waals surface area contributed by atoms with Gasteiger partial charge in [-0.1, -0.05) is 10.3 Å². The first-order valence-corrected chi connectivity index (χ1v) is 6.63. The van der Waals surface area contributed by atoms with Gasteiger partial charge in [0, 0.05) is 32.7 Å². The molecule has 20 heavy (non-hydrogen) atoms. The zero-order valence-electron chi connectivity index (χ0n) is 11.6. The number of ether oxygens (including phenoxy) is 1. The van der Waals surface area contributed by atoms with Crippen molar-refractivity contribution in [1.82, 2.24) is 20.5 Å². The summed E-state index contributed by atoms with van der Waals surface area (Å²) < 4.78 is 10.7. The Morgan fingerprint density at radius 3 is 2.55 bits per heavy atom. The molecule has 1 N–H and O–H groups in total. The van der Waals surface area contributed by atoms with Gasteiger partial charge in [-0.3, -0.25) is 4.90 Å². The normalized spacial score (nSPS) is 22.1. The average Bonchev–Trinajstić information content (AvgIpc) is 2.79. The van der Waals surface area contributed by atoms with E-state index in [1.54, 1.807) is 0 Å². The second-order valence-corrected chi connectivity index (χ2v) is 5.28. The van der Waals surface area contributed by atoms with E-state index in [9.17, 15) is 0 Å². The molecule has 0 amide bonds. The first kappa shape index (κ1) is 17.7. The van der Waals surface area contributed by atoms with Crippen LogP contribution in [0.5, 0.6) is 0 Å². The molecule has 1 spiro atoms. The molecule has 0 unspecified atom stereocenters. The van der Waals surface area contributed by atoms with Crippen LogP contribution in [0.15, 0.2) is 4.63 Å². The number of nitrogens with one attached hydrogen (secondary N) is 1. The minimum Gasteiger partial charge on any atom is -0.372 e. The van der Waals surface area contributed by atoms with Crippen LogP contribution in [-0.2, 0) is 11.3 Å². The highest BCUT2D eigenvalue weighted by Crippen LogP contribution is 2.28. The predicted molar refractivity (Wildman–Crippen MR) is 79.6 cm³/mol. The van der Waals surface area contributed by atoms with Crippen molar-refractivity contribution < 1.29 is 9.37 Å².